The summed E-state index contributed by atoms with van der Waals surface area (Å²) in [6, 6.07) is 9.92. The van der Waals surface area contributed by atoms with Gasteiger partial charge < -0.3 is 5.32 Å². The Morgan fingerprint density at radius 3 is 2.44 bits per heavy atom. The molecule has 86 valence electrons. The maximum Gasteiger partial charge on any atom is 0.00684 e. The van der Waals surface area contributed by atoms with Crippen LogP contribution in [0.25, 0.3) is 0 Å². The molecule has 0 radical (unpaired) electrons. The largest absolute Gasteiger partial charge is 0.313 e. The first-order chi connectivity index (χ1) is 7.76. The molecule has 0 aromatic heterocycles. The third-order valence-electron chi connectivity index (χ3n) is 4.00. The number of rotatable bonds is 5. The fraction of sp³-hybridized carbons (Fsp3) is 0.600. The lowest BCUT2D eigenvalue weighted by Crippen LogP contribution is -2.27. The van der Waals surface area contributed by atoms with Gasteiger partial charge in [0.15, 0.2) is 0 Å². The molecular weight excluding hydrogens is 194 g/mol. The highest BCUT2D eigenvalue weighted by Crippen LogP contribution is 2.48. The van der Waals surface area contributed by atoms with Crippen LogP contribution in [0.2, 0.25) is 0 Å². The third-order valence-corrected chi connectivity index (χ3v) is 4.00. The van der Waals surface area contributed by atoms with Crippen LogP contribution in [-0.2, 0) is 6.42 Å². The van der Waals surface area contributed by atoms with Gasteiger partial charge in [-0.25, -0.2) is 0 Å². The third kappa shape index (κ3) is 2.46. The normalized spacial score (nSPS) is 22.1. The van der Waals surface area contributed by atoms with Crippen LogP contribution in [0.1, 0.15) is 36.8 Å². The number of nitrogens with one attached hydrogen (secondary N) is 1. The molecule has 0 atom stereocenters. The van der Waals surface area contributed by atoms with Gasteiger partial charge in [-0.1, -0.05) is 29.8 Å². The Kier molecular flexibility index (Phi) is 2.51. The van der Waals surface area contributed by atoms with Crippen LogP contribution < -0.4 is 5.32 Å². The van der Waals surface area contributed by atoms with Crippen molar-refractivity contribution < 1.29 is 0 Å². The van der Waals surface area contributed by atoms with E-state index in [-0.39, 0.29) is 0 Å². The van der Waals surface area contributed by atoms with Gasteiger partial charge in [-0.2, -0.15) is 0 Å². The zero-order valence-electron chi connectivity index (χ0n) is 10.1. The van der Waals surface area contributed by atoms with E-state index < -0.39 is 0 Å². The molecule has 1 nitrogen and oxygen atoms in total. The monoisotopic (exact) mass is 215 g/mol. The van der Waals surface area contributed by atoms with E-state index in [4.69, 9.17) is 0 Å². The van der Waals surface area contributed by atoms with Crippen molar-refractivity contribution in [3.05, 3.63) is 35.4 Å². The molecule has 2 saturated carbocycles. The van der Waals surface area contributed by atoms with Gasteiger partial charge in [0.25, 0.3) is 0 Å². The van der Waals surface area contributed by atoms with Gasteiger partial charge in [0.05, 0.1) is 0 Å². The van der Waals surface area contributed by atoms with Gasteiger partial charge >= 0.3 is 0 Å². The molecule has 0 amide bonds. The molecule has 1 heteroatoms. The lowest BCUT2D eigenvalue weighted by atomic mass is 9.96. The zero-order chi connectivity index (χ0) is 11.0. The van der Waals surface area contributed by atoms with Crippen LogP contribution in [0, 0.1) is 12.3 Å². The molecule has 0 heterocycles. The summed E-state index contributed by atoms with van der Waals surface area (Å²) in [6.07, 6.45) is 6.91. The number of hydrogen-bond donors (Lipinski definition) is 1. The average Bonchev–Trinajstić information content (AvgIpc) is 3.14. The molecule has 2 fully saturated rings. The van der Waals surface area contributed by atoms with Gasteiger partial charge in [-0.15, -0.1) is 0 Å². The van der Waals surface area contributed by atoms with Crippen LogP contribution in [0.5, 0.6) is 0 Å². The molecule has 2 aliphatic carbocycles. The smallest absolute Gasteiger partial charge is 0.00684 e. The molecule has 1 N–H and O–H groups in total. The molecule has 0 spiro atoms. The quantitative estimate of drug-likeness (QED) is 0.796. The van der Waals surface area contributed by atoms with Crippen molar-refractivity contribution >= 4 is 0 Å². The Labute approximate surface area is 98.3 Å². The van der Waals surface area contributed by atoms with E-state index in [1.165, 1.54) is 49.8 Å². The predicted molar refractivity (Wildman–Crippen MR) is 67.6 cm³/mol. The van der Waals surface area contributed by atoms with Crippen LogP contribution in [0.3, 0.4) is 0 Å². The Morgan fingerprint density at radius 1 is 1.19 bits per heavy atom. The fourth-order valence-electron chi connectivity index (χ4n) is 2.38. The van der Waals surface area contributed by atoms with Gasteiger partial charge in [-0.3, -0.25) is 0 Å². The molecule has 1 aromatic carbocycles. The van der Waals surface area contributed by atoms with Crippen molar-refractivity contribution in [2.45, 2.75) is 45.1 Å². The molecule has 0 aliphatic heterocycles. The Balaban J connectivity index is 1.58. The van der Waals surface area contributed by atoms with Crippen LogP contribution in [0.4, 0.5) is 0 Å². The van der Waals surface area contributed by atoms with E-state index in [0.717, 1.165) is 6.04 Å². The maximum atomic E-state index is 3.69. The lowest BCUT2D eigenvalue weighted by molar-refractivity contribution is 0.453. The molecule has 0 saturated heterocycles. The van der Waals surface area contributed by atoms with Gasteiger partial charge in [0, 0.05) is 12.6 Å². The molecule has 16 heavy (non-hydrogen) atoms. The molecule has 2 aliphatic rings. The number of benzene rings is 1. The Bertz CT molecular complexity index is 358. The minimum absolute atomic E-state index is 0.609. The summed E-state index contributed by atoms with van der Waals surface area (Å²) in [5.74, 6) is 0. The predicted octanol–water partition coefficient (Wildman–Crippen LogP) is 3.07. The first kappa shape index (κ1) is 10.3. The minimum Gasteiger partial charge on any atom is -0.313 e. The van der Waals surface area contributed by atoms with E-state index in [2.05, 4.69) is 36.5 Å². The standard InChI is InChI=1S/C15H21N/c1-12-2-4-13(5-3-12)10-15(8-9-15)11-16-14-6-7-14/h2-5,14,16H,6-11H2,1H3. The van der Waals surface area contributed by atoms with E-state index in [1.54, 1.807) is 0 Å². The van der Waals surface area contributed by atoms with Crippen molar-refractivity contribution in [1.82, 2.24) is 5.32 Å². The summed E-state index contributed by atoms with van der Waals surface area (Å²) in [4.78, 5) is 0. The Morgan fingerprint density at radius 2 is 1.88 bits per heavy atom. The van der Waals surface area contributed by atoms with E-state index >= 15 is 0 Å². The van der Waals surface area contributed by atoms with E-state index in [1.807, 2.05) is 0 Å². The summed E-state index contributed by atoms with van der Waals surface area (Å²) in [5, 5.41) is 3.69. The van der Waals surface area contributed by atoms with Crippen LogP contribution >= 0.6 is 0 Å². The molecule has 3 rings (SSSR count). The lowest BCUT2D eigenvalue weighted by Gasteiger charge is -2.16. The van der Waals surface area contributed by atoms with Crippen LogP contribution in [0.15, 0.2) is 24.3 Å². The fourth-order valence-corrected chi connectivity index (χ4v) is 2.38. The summed E-state index contributed by atoms with van der Waals surface area (Å²) < 4.78 is 0. The topological polar surface area (TPSA) is 12.0 Å². The molecule has 0 bridgehead atoms. The SMILES string of the molecule is Cc1ccc(CC2(CNC3CC3)CC2)cc1. The highest BCUT2D eigenvalue weighted by molar-refractivity contribution is 5.23. The summed E-state index contributed by atoms with van der Waals surface area (Å²) in [6.45, 7) is 3.40. The van der Waals surface area contributed by atoms with Gasteiger partial charge in [-0.05, 0) is 50.0 Å². The average molecular weight is 215 g/mol. The molecule has 0 unspecified atom stereocenters. The highest BCUT2D eigenvalue weighted by Gasteiger charge is 2.43. The highest BCUT2D eigenvalue weighted by atomic mass is 15.0. The second-order valence-electron chi connectivity index (χ2n) is 5.82. The van der Waals surface area contributed by atoms with Crippen molar-refractivity contribution in [2.24, 2.45) is 5.41 Å². The van der Waals surface area contributed by atoms with Crippen molar-refractivity contribution in [3.63, 3.8) is 0 Å². The minimum atomic E-state index is 0.609. The molecule has 1 aromatic rings. The van der Waals surface area contributed by atoms with E-state index in [0.29, 0.717) is 5.41 Å². The zero-order valence-corrected chi connectivity index (χ0v) is 10.1. The first-order valence-electron chi connectivity index (χ1n) is 6.55. The van der Waals surface area contributed by atoms with Gasteiger partial charge in [0.2, 0.25) is 0 Å². The van der Waals surface area contributed by atoms with Crippen LogP contribution in [-0.4, -0.2) is 12.6 Å². The summed E-state index contributed by atoms with van der Waals surface area (Å²) >= 11 is 0. The van der Waals surface area contributed by atoms with Crippen molar-refractivity contribution in [2.75, 3.05) is 6.54 Å². The second-order valence-corrected chi connectivity index (χ2v) is 5.82. The van der Waals surface area contributed by atoms with Crippen molar-refractivity contribution in [1.29, 1.82) is 0 Å². The number of aryl methyl sites for hydroxylation is 1. The van der Waals surface area contributed by atoms with Crippen molar-refractivity contribution in [3.8, 4) is 0 Å². The first-order valence-corrected chi connectivity index (χ1v) is 6.55. The van der Waals surface area contributed by atoms with E-state index in [9.17, 15) is 0 Å². The maximum absolute atomic E-state index is 3.69. The second kappa shape index (κ2) is 3.89. The Hall–Kier alpha value is -0.820. The summed E-state index contributed by atoms with van der Waals surface area (Å²) in [7, 11) is 0. The summed E-state index contributed by atoms with van der Waals surface area (Å²) in [5.41, 5.74) is 3.49. The van der Waals surface area contributed by atoms with Gasteiger partial charge in [0.1, 0.15) is 0 Å². The molecular formula is C15H21N. The number of hydrogen-bond acceptors (Lipinski definition) is 1.